The molecular weight excluding hydrogens is 418 g/mol. The van der Waals surface area contributed by atoms with E-state index in [0.717, 1.165) is 5.75 Å². The van der Waals surface area contributed by atoms with Crippen molar-refractivity contribution in [3.63, 3.8) is 0 Å². The van der Waals surface area contributed by atoms with Gasteiger partial charge in [0.05, 0.1) is 6.61 Å². The molecule has 0 spiro atoms. The second-order valence-electron chi connectivity index (χ2n) is 7.48. The molecule has 0 heterocycles. The highest BCUT2D eigenvalue weighted by Gasteiger charge is 2.14. The van der Waals surface area contributed by atoms with Crippen LogP contribution in [0.15, 0.2) is 72.8 Å². The number of carbonyl (C=O) groups is 3. The third-order valence-electron chi connectivity index (χ3n) is 4.91. The highest BCUT2D eigenvalue weighted by molar-refractivity contribution is 6.04. The van der Waals surface area contributed by atoms with Crippen LogP contribution >= 0.6 is 0 Å². The number of anilines is 3. The maximum absolute atomic E-state index is 12.5. The van der Waals surface area contributed by atoms with Crippen LogP contribution in [0.2, 0.25) is 0 Å². The maximum atomic E-state index is 12.5. The Balaban J connectivity index is 1.53. The molecular formula is C26H27N3O4. The van der Waals surface area contributed by atoms with Crippen molar-refractivity contribution in [3.05, 3.63) is 83.9 Å². The van der Waals surface area contributed by atoms with Crippen LogP contribution in [-0.2, 0) is 4.79 Å². The lowest BCUT2D eigenvalue weighted by Crippen LogP contribution is -2.31. The van der Waals surface area contributed by atoms with Crippen molar-refractivity contribution in [1.29, 1.82) is 0 Å². The van der Waals surface area contributed by atoms with Gasteiger partial charge in [-0.25, -0.2) is 0 Å². The van der Waals surface area contributed by atoms with Crippen molar-refractivity contribution in [1.82, 2.24) is 0 Å². The van der Waals surface area contributed by atoms with Gasteiger partial charge < -0.3 is 20.7 Å². The lowest BCUT2D eigenvalue weighted by molar-refractivity contribution is -0.116. The number of nitrogens with one attached hydrogen (secondary N) is 3. The average molecular weight is 446 g/mol. The Hall–Kier alpha value is -4.13. The van der Waals surface area contributed by atoms with E-state index in [-0.39, 0.29) is 17.6 Å². The predicted molar refractivity (Wildman–Crippen MR) is 130 cm³/mol. The zero-order valence-corrected chi connectivity index (χ0v) is 18.8. The molecule has 0 aliphatic carbocycles. The minimum atomic E-state index is -0.513. The monoisotopic (exact) mass is 445 g/mol. The van der Waals surface area contributed by atoms with Gasteiger partial charge in [0, 0.05) is 28.2 Å². The molecule has 33 heavy (non-hydrogen) atoms. The summed E-state index contributed by atoms with van der Waals surface area (Å²) in [5.74, 6) is 0.269. The Kier molecular flexibility index (Phi) is 7.81. The lowest BCUT2D eigenvalue weighted by Gasteiger charge is -2.16. The summed E-state index contributed by atoms with van der Waals surface area (Å²) >= 11 is 0. The van der Waals surface area contributed by atoms with E-state index in [1.54, 1.807) is 79.7 Å². The fraction of sp³-hybridized carbons (Fsp3) is 0.192. The Bertz CT molecular complexity index is 1110. The third-order valence-corrected chi connectivity index (χ3v) is 4.91. The van der Waals surface area contributed by atoms with E-state index in [1.807, 2.05) is 6.92 Å². The highest BCUT2D eigenvalue weighted by atomic mass is 16.5. The number of ether oxygens (including phenoxy) is 1. The van der Waals surface area contributed by atoms with Crippen LogP contribution in [0, 0.1) is 0 Å². The van der Waals surface area contributed by atoms with Crippen LogP contribution in [0.3, 0.4) is 0 Å². The largest absolute Gasteiger partial charge is 0.494 e. The summed E-state index contributed by atoms with van der Waals surface area (Å²) in [4.78, 5) is 36.3. The molecule has 0 aromatic heterocycles. The standard InChI is InChI=1S/C26H27N3O4/c1-4-33-24-15-13-23(14-16-24)29-26(32)20-7-11-21(12-8-20)27-17(2)25(31)28-22-9-5-19(6-10-22)18(3)30/h5-17,27H,4H2,1-3H3,(H,28,31)(H,29,32). The van der Waals surface area contributed by atoms with Gasteiger partial charge in [-0.1, -0.05) is 0 Å². The lowest BCUT2D eigenvalue weighted by atomic mass is 10.1. The fourth-order valence-corrected chi connectivity index (χ4v) is 3.08. The van der Waals surface area contributed by atoms with E-state index >= 15 is 0 Å². The van der Waals surface area contributed by atoms with Crippen LogP contribution in [0.5, 0.6) is 5.75 Å². The number of rotatable bonds is 9. The van der Waals surface area contributed by atoms with Gasteiger partial charge in [0.15, 0.2) is 5.78 Å². The van der Waals surface area contributed by atoms with Gasteiger partial charge >= 0.3 is 0 Å². The van der Waals surface area contributed by atoms with Crippen molar-refractivity contribution in [2.24, 2.45) is 0 Å². The van der Waals surface area contributed by atoms with E-state index < -0.39 is 6.04 Å². The van der Waals surface area contributed by atoms with Crippen LogP contribution in [0.1, 0.15) is 41.5 Å². The van der Waals surface area contributed by atoms with E-state index in [1.165, 1.54) is 6.92 Å². The topological polar surface area (TPSA) is 96.5 Å². The smallest absolute Gasteiger partial charge is 0.255 e. The molecule has 3 N–H and O–H groups in total. The quantitative estimate of drug-likeness (QED) is 0.404. The Morgan fingerprint density at radius 2 is 1.27 bits per heavy atom. The number of Topliss-reactive ketones (excluding diaryl/α,β-unsaturated/α-hetero) is 1. The fourth-order valence-electron chi connectivity index (χ4n) is 3.08. The Morgan fingerprint density at radius 3 is 1.85 bits per heavy atom. The molecule has 0 aliphatic heterocycles. The number of carbonyl (C=O) groups excluding carboxylic acids is 3. The molecule has 7 heteroatoms. The zero-order valence-electron chi connectivity index (χ0n) is 18.8. The van der Waals surface area contributed by atoms with Crippen LogP contribution in [0.25, 0.3) is 0 Å². The number of hydrogen-bond donors (Lipinski definition) is 3. The Labute approximate surface area is 193 Å². The van der Waals surface area contributed by atoms with Gasteiger partial charge in [0.2, 0.25) is 5.91 Å². The first-order valence-corrected chi connectivity index (χ1v) is 10.7. The molecule has 0 fully saturated rings. The molecule has 1 unspecified atom stereocenters. The molecule has 0 radical (unpaired) electrons. The van der Waals surface area contributed by atoms with Crippen LogP contribution in [0.4, 0.5) is 17.1 Å². The van der Waals surface area contributed by atoms with Crippen molar-refractivity contribution in [2.75, 3.05) is 22.6 Å². The van der Waals surface area contributed by atoms with Crippen molar-refractivity contribution < 1.29 is 19.1 Å². The van der Waals surface area contributed by atoms with E-state index in [2.05, 4.69) is 16.0 Å². The summed E-state index contributed by atoms with van der Waals surface area (Å²) in [6.45, 7) is 5.73. The summed E-state index contributed by atoms with van der Waals surface area (Å²) in [7, 11) is 0. The van der Waals surface area contributed by atoms with Gasteiger partial charge in [0.25, 0.3) is 5.91 Å². The number of amides is 2. The van der Waals surface area contributed by atoms with Crippen LogP contribution in [-0.4, -0.2) is 30.2 Å². The molecule has 3 aromatic rings. The summed E-state index contributed by atoms with van der Waals surface area (Å²) in [6.07, 6.45) is 0. The SMILES string of the molecule is CCOc1ccc(NC(=O)c2ccc(NC(C)C(=O)Nc3ccc(C(C)=O)cc3)cc2)cc1. The molecule has 170 valence electrons. The second kappa shape index (κ2) is 10.9. The molecule has 0 saturated heterocycles. The normalized spacial score (nSPS) is 11.2. The molecule has 0 bridgehead atoms. The molecule has 3 rings (SSSR count). The number of benzene rings is 3. The summed E-state index contributed by atoms with van der Waals surface area (Å²) in [5, 5.41) is 8.77. The van der Waals surface area contributed by atoms with Crippen LogP contribution < -0.4 is 20.7 Å². The predicted octanol–water partition coefficient (Wildman–Crippen LogP) is 4.98. The van der Waals surface area contributed by atoms with Gasteiger partial charge in [-0.3, -0.25) is 14.4 Å². The summed E-state index contributed by atoms with van der Waals surface area (Å²) < 4.78 is 5.40. The molecule has 7 nitrogen and oxygen atoms in total. The first kappa shape index (κ1) is 23.5. The first-order valence-electron chi connectivity index (χ1n) is 10.7. The van der Waals surface area contributed by atoms with Gasteiger partial charge in [-0.05, 0) is 93.6 Å². The molecule has 3 aromatic carbocycles. The summed E-state index contributed by atoms with van der Waals surface area (Å²) in [6, 6.07) is 20.3. The van der Waals surface area contributed by atoms with E-state index in [9.17, 15) is 14.4 Å². The second-order valence-corrected chi connectivity index (χ2v) is 7.48. The highest BCUT2D eigenvalue weighted by Crippen LogP contribution is 2.18. The van der Waals surface area contributed by atoms with E-state index in [4.69, 9.17) is 4.74 Å². The Morgan fingerprint density at radius 1 is 0.758 bits per heavy atom. The van der Waals surface area contributed by atoms with Crippen molar-refractivity contribution in [3.8, 4) is 5.75 Å². The first-order chi connectivity index (χ1) is 15.9. The zero-order chi connectivity index (χ0) is 23.8. The maximum Gasteiger partial charge on any atom is 0.255 e. The third kappa shape index (κ3) is 6.67. The van der Waals surface area contributed by atoms with Gasteiger partial charge in [-0.2, -0.15) is 0 Å². The van der Waals surface area contributed by atoms with Gasteiger partial charge in [-0.15, -0.1) is 0 Å². The number of ketones is 1. The molecule has 0 saturated carbocycles. The summed E-state index contributed by atoms with van der Waals surface area (Å²) in [5.41, 5.74) is 3.08. The molecule has 0 aliphatic rings. The average Bonchev–Trinajstić information content (AvgIpc) is 2.81. The minimum absolute atomic E-state index is 0.0282. The van der Waals surface area contributed by atoms with Crippen molar-refractivity contribution in [2.45, 2.75) is 26.8 Å². The van der Waals surface area contributed by atoms with Crippen molar-refractivity contribution >= 4 is 34.7 Å². The minimum Gasteiger partial charge on any atom is -0.494 e. The number of hydrogen-bond acceptors (Lipinski definition) is 5. The molecule has 2 amide bonds. The van der Waals surface area contributed by atoms with Gasteiger partial charge in [0.1, 0.15) is 11.8 Å². The molecule has 1 atom stereocenters. The van der Waals surface area contributed by atoms with E-state index in [0.29, 0.717) is 34.8 Å².